The summed E-state index contributed by atoms with van der Waals surface area (Å²) in [6.07, 6.45) is 8.70. The second kappa shape index (κ2) is 11.1. The second-order valence-electron chi connectivity index (χ2n) is 11.1. The van der Waals surface area contributed by atoms with Gasteiger partial charge in [0.05, 0.1) is 0 Å². The van der Waals surface area contributed by atoms with E-state index < -0.39 is 21.5 Å². The summed E-state index contributed by atoms with van der Waals surface area (Å²) in [5.74, 6) is -0.768. The number of H-pyrrole nitrogens is 1. The normalized spacial score (nSPS) is 16.9. The van der Waals surface area contributed by atoms with Crippen LogP contribution in [0.5, 0.6) is 5.75 Å². The van der Waals surface area contributed by atoms with E-state index in [1.54, 1.807) is 32.2 Å². The Kier molecular flexibility index (Phi) is 7.70. The van der Waals surface area contributed by atoms with Gasteiger partial charge >= 0.3 is 0 Å². The smallest absolute Gasteiger partial charge is 0.245 e. The van der Waals surface area contributed by atoms with Crippen molar-refractivity contribution in [2.45, 2.75) is 68.2 Å². The number of phenols is 1. The Balaban J connectivity index is 1.49. The number of hydrogen-bond acceptors (Lipinski definition) is 5. The van der Waals surface area contributed by atoms with Crippen molar-refractivity contribution in [3.63, 3.8) is 0 Å². The minimum atomic E-state index is -4.27. The van der Waals surface area contributed by atoms with Gasteiger partial charge in [-0.15, -0.1) is 0 Å². The predicted octanol–water partition coefficient (Wildman–Crippen LogP) is 4.87. The van der Waals surface area contributed by atoms with Crippen LogP contribution in [-0.2, 0) is 26.7 Å². The van der Waals surface area contributed by atoms with E-state index in [-0.39, 0.29) is 22.5 Å². The van der Waals surface area contributed by atoms with Crippen molar-refractivity contribution in [3.05, 3.63) is 89.9 Å². The number of aromatic nitrogens is 2. The van der Waals surface area contributed by atoms with Gasteiger partial charge in [0.2, 0.25) is 15.9 Å². The van der Waals surface area contributed by atoms with E-state index >= 15 is 0 Å². The number of sulfonamides is 1. The van der Waals surface area contributed by atoms with Crippen molar-refractivity contribution in [3.8, 4) is 5.75 Å². The molecule has 9 heteroatoms. The van der Waals surface area contributed by atoms with E-state index in [2.05, 4.69) is 20.0 Å². The predicted molar refractivity (Wildman–Crippen MR) is 156 cm³/mol. The molecule has 1 aliphatic rings. The van der Waals surface area contributed by atoms with E-state index in [4.69, 9.17) is 0 Å². The highest BCUT2D eigenvalue weighted by atomic mass is 32.2. The van der Waals surface area contributed by atoms with E-state index in [0.29, 0.717) is 12.1 Å². The lowest BCUT2D eigenvalue weighted by molar-refractivity contribution is -0.126. The van der Waals surface area contributed by atoms with Gasteiger partial charge in [0.25, 0.3) is 0 Å². The molecule has 1 atom stereocenters. The summed E-state index contributed by atoms with van der Waals surface area (Å²) in [7, 11) is -4.27. The number of hydrogen-bond donors (Lipinski definition) is 4. The van der Waals surface area contributed by atoms with Crippen LogP contribution in [0.4, 0.5) is 0 Å². The lowest BCUT2D eigenvalue weighted by atomic mass is 9.71. The third kappa shape index (κ3) is 5.48. The number of aryl methyl sites for hydroxylation is 1. The first-order chi connectivity index (χ1) is 19.1. The summed E-state index contributed by atoms with van der Waals surface area (Å²) in [6, 6.07) is 18.1. The van der Waals surface area contributed by atoms with Crippen LogP contribution in [0.1, 0.15) is 55.8 Å². The first kappa shape index (κ1) is 27.9. The summed E-state index contributed by atoms with van der Waals surface area (Å²) >= 11 is 0. The van der Waals surface area contributed by atoms with Gasteiger partial charge in [-0.1, -0.05) is 55.7 Å². The molecule has 1 saturated carbocycles. The molecule has 4 aromatic rings. The molecular weight excluding hydrogens is 524 g/mol. The number of aromatic hydroxyl groups is 1. The number of rotatable bonds is 9. The van der Waals surface area contributed by atoms with Crippen molar-refractivity contribution in [1.82, 2.24) is 20.0 Å². The second-order valence-corrected chi connectivity index (χ2v) is 12.8. The largest absolute Gasteiger partial charge is 0.506 e. The molecule has 0 spiro atoms. The van der Waals surface area contributed by atoms with Gasteiger partial charge in [0, 0.05) is 47.4 Å². The SMILES string of the molecule is Cc1cccc(S(=O)(=O)N[C@@](C)(Cc2c[nH]c3ccccc23)C(=O)NCC2(c3ccccn3)CCCCC2)c1O. The average molecular weight is 561 g/mol. The summed E-state index contributed by atoms with van der Waals surface area (Å²) in [5, 5.41) is 14.6. The maximum Gasteiger partial charge on any atom is 0.245 e. The number of pyridine rings is 1. The van der Waals surface area contributed by atoms with E-state index in [1.807, 2.05) is 48.7 Å². The summed E-state index contributed by atoms with van der Waals surface area (Å²) in [4.78, 5) is 21.7. The number of carbonyl (C=O) groups excluding carboxylic acids is 1. The molecule has 0 radical (unpaired) electrons. The summed E-state index contributed by atoms with van der Waals surface area (Å²) in [6.45, 7) is 3.58. The minimum absolute atomic E-state index is 0.102. The number of amides is 1. The molecule has 1 aliphatic carbocycles. The van der Waals surface area contributed by atoms with Gasteiger partial charge in [-0.05, 0) is 62.1 Å². The van der Waals surface area contributed by atoms with E-state index in [0.717, 1.165) is 54.3 Å². The van der Waals surface area contributed by atoms with Crippen LogP contribution in [0.3, 0.4) is 0 Å². The molecule has 5 rings (SSSR count). The lowest BCUT2D eigenvalue weighted by Crippen LogP contribution is -2.59. The van der Waals surface area contributed by atoms with Gasteiger partial charge in [-0.2, -0.15) is 4.72 Å². The molecule has 40 heavy (non-hydrogen) atoms. The molecule has 1 fully saturated rings. The third-order valence-electron chi connectivity index (χ3n) is 8.18. The number of benzene rings is 2. The fourth-order valence-corrected chi connectivity index (χ4v) is 7.44. The molecule has 1 amide bonds. The van der Waals surface area contributed by atoms with Crippen LogP contribution < -0.4 is 10.0 Å². The molecule has 0 unspecified atom stereocenters. The van der Waals surface area contributed by atoms with Crippen molar-refractivity contribution in [2.24, 2.45) is 0 Å². The number of nitrogens with one attached hydrogen (secondary N) is 3. The molecule has 2 heterocycles. The monoisotopic (exact) mass is 560 g/mol. The van der Waals surface area contributed by atoms with Crippen LogP contribution in [-0.4, -0.2) is 41.5 Å². The van der Waals surface area contributed by atoms with Crippen LogP contribution in [0, 0.1) is 6.92 Å². The zero-order valence-electron chi connectivity index (χ0n) is 22.9. The maximum absolute atomic E-state index is 14.1. The van der Waals surface area contributed by atoms with E-state index in [9.17, 15) is 18.3 Å². The Morgan fingerprint density at radius 1 is 1.05 bits per heavy atom. The number of fused-ring (bicyclic) bond motifs is 1. The average Bonchev–Trinajstić information content (AvgIpc) is 3.36. The standard InChI is InChI=1S/C31H36N4O4S/c1-22-11-10-14-26(28(22)36)40(38,39)35-30(2,19-23-20-33-25-13-5-4-12-24(23)25)29(37)34-21-31(16-7-3-8-17-31)27-15-6-9-18-32-27/h4-6,9-15,18,20,33,35-36H,3,7-8,16-17,19,21H2,1-2H3,(H,34,37)/t30-/m0/s1. The third-order valence-corrected chi connectivity index (χ3v) is 9.80. The quantitative estimate of drug-likeness (QED) is 0.232. The number of nitrogens with zero attached hydrogens (tertiary/aromatic N) is 1. The van der Waals surface area contributed by atoms with Gasteiger partial charge in [-0.25, -0.2) is 8.42 Å². The molecule has 2 aromatic heterocycles. The van der Waals surface area contributed by atoms with Gasteiger partial charge in [0.15, 0.2) is 0 Å². The lowest BCUT2D eigenvalue weighted by Gasteiger charge is -2.38. The number of aromatic amines is 1. The van der Waals surface area contributed by atoms with Crippen molar-refractivity contribution in [2.75, 3.05) is 6.54 Å². The van der Waals surface area contributed by atoms with Crippen LogP contribution in [0.25, 0.3) is 10.9 Å². The fourth-order valence-electron chi connectivity index (χ4n) is 5.89. The molecule has 210 valence electrons. The molecular formula is C31H36N4O4S. The molecule has 2 aromatic carbocycles. The maximum atomic E-state index is 14.1. The van der Waals surface area contributed by atoms with Crippen molar-refractivity contribution < 1.29 is 18.3 Å². The Morgan fingerprint density at radius 3 is 2.55 bits per heavy atom. The molecule has 0 bridgehead atoms. The molecule has 0 aliphatic heterocycles. The summed E-state index contributed by atoms with van der Waals surface area (Å²) < 4.78 is 29.9. The summed E-state index contributed by atoms with van der Waals surface area (Å²) in [5.41, 5.74) is 1.21. The van der Waals surface area contributed by atoms with Crippen molar-refractivity contribution in [1.29, 1.82) is 0 Å². The van der Waals surface area contributed by atoms with Crippen molar-refractivity contribution >= 4 is 26.8 Å². The number of phenolic OH excluding ortho intramolecular Hbond substituents is 1. The highest BCUT2D eigenvalue weighted by Gasteiger charge is 2.42. The Morgan fingerprint density at radius 2 is 1.80 bits per heavy atom. The first-order valence-electron chi connectivity index (χ1n) is 13.7. The van der Waals surface area contributed by atoms with Gasteiger partial charge in [0.1, 0.15) is 16.2 Å². The highest BCUT2D eigenvalue weighted by Crippen LogP contribution is 2.38. The highest BCUT2D eigenvalue weighted by molar-refractivity contribution is 7.89. The number of carbonyl (C=O) groups is 1. The molecule has 8 nitrogen and oxygen atoms in total. The van der Waals surface area contributed by atoms with Gasteiger partial charge in [-0.3, -0.25) is 9.78 Å². The Labute approximate surface area is 235 Å². The minimum Gasteiger partial charge on any atom is -0.506 e. The fraction of sp³-hybridized carbons (Fsp3) is 0.355. The topological polar surface area (TPSA) is 124 Å². The van der Waals surface area contributed by atoms with Crippen LogP contribution in [0.15, 0.2) is 78.0 Å². The zero-order valence-corrected chi connectivity index (χ0v) is 23.7. The van der Waals surface area contributed by atoms with Crippen LogP contribution >= 0.6 is 0 Å². The molecule has 4 N–H and O–H groups in total. The van der Waals surface area contributed by atoms with Crippen LogP contribution in [0.2, 0.25) is 0 Å². The van der Waals surface area contributed by atoms with E-state index in [1.165, 1.54) is 6.07 Å². The first-order valence-corrected chi connectivity index (χ1v) is 15.2. The zero-order chi connectivity index (χ0) is 28.4. The van der Waals surface area contributed by atoms with Gasteiger partial charge < -0.3 is 15.4 Å². The Bertz CT molecular complexity index is 1610. The molecule has 0 saturated heterocycles. The Hall–Kier alpha value is -3.69. The number of para-hydroxylation sites is 2.